The molecule has 4 rings (SSSR count). The maximum absolute atomic E-state index is 11.1. The summed E-state index contributed by atoms with van der Waals surface area (Å²) >= 11 is 0. The average molecular weight is 388 g/mol. The Morgan fingerprint density at radius 3 is 2.83 bits per heavy atom. The van der Waals surface area contributed by atoms with Gasteiger partial charge in [-0.1, -0.05) is 36.4 Å². The summed E-state index contributed by atoms with van der Waals surface area (Å²) in [5.74, 6) is -0.524. The Balaban J connectivity index is 1.38. The number of amides is 1. The third kappa shape index (κ3) is 4.62. The number of hydroxylamine groups is 1. The fraction of sp³-hybridized carbons (Fsp3) is 0.217. The number of rotatable bonds is 6. The van der Waals surface area contributed by atoms with Crippen LogP contribution in [0.15, 0.2) is 66.9 Å². The minimum absolute atomic E-state index is 0.524. The van der Waals surface area contributed by atoms with E-state index in [9.17, 15) is 4.79 Å². The molecule has 1 amide bonds. The molecule has 1 aromatic heterocycles. The molecule has 0 saturated carbocycles. The molecule has 1 aliphatic rings. The van der Waals surface area contributed by atoms with Crippen LogP contribution in [-0.2, 0) is 24.2 Å². The average Bonchev–Trinajstić information content (AvgIpc) is 3.25. The van der Waals surface area contributed by atoms with E-state index in [1.165, 1.54) is 22.9 Å². The molecule has 148 valence electrons. The van der Waals surface area contributed by atoms with Gasteiger partial charge in [-0.3, -0.25) is 14.9 Å². The lowest BCUT2D eigenvalue weighted by atomic mass is 9.97. The third-order valence-corrected chi connectivity index (χ3v) is 5.27. The summed E-state index contributed by atoms with van der Waals surface area (Å²) in [5, 5.41) is 13.1. The first-order valence-electron chi connectivity index (χ1n) is 9.77. The smallest absolute Gasteiger partial charge is 0.267 e. The van der Waals surface area contributed by atoms with Crippen LogP contribution < -0.4 is 5.48 Å². The van der Waals surface area contributed by atoms with Crippen molar-refractivity contribution in [1.29, 1.82) is 0 Å². The van der Waals surface area contributed by atoms with Crippen LogP contribution in [0.5, 0.6) is 0 Å². The monoisotopic (exact) mass is 388 g/mol. The van der Waals surface area contributed by atoms with Gasteiger partial charge in [-0.05, 0) is 47.4 Å². The van der Waals surface area contributed by atoms with Crippen LogP contribution in [0.3, 0.4) is 0 Å². The van der Waals surface area contributed by atoms with E-state index in [-0.39, 0.29) is 0 Å². The number of nitrogens with one attached hydrogen (secondary N) is 1. The van der Waals surface area contributed by atoms with Crippen LogP contribution >= 0.6 is 0 Å². The fourth-order valence-electron chi connectivity index (χ4n) is 3.73. The zero-order valence-electron chi connectivity index (χ0n) is 16.2. The number of fused-ring (bicyclic) bond motifs is 1. The van der Waals surface area contributed by atoms with E-state index >= 15 is 0 Å². The minimum atomic E-state index is -0.524. The number of para-hydroxylation sites is 1. The van der Waals surface area contributed by atoms with Gasteiger partial charge in [-0.25, -0.2) is 10.2 Å². The minimum Gasteiger partial charge on any atom is -0.298 e. The number of hydrogen-bond donors (Lipinski definition) is 2. The maximum atomic E-state index is 11.1. The molecule has 0 radical (unpaired) electrons. The third-order valence-electron chi connectivity index (χ3n) is 5.27. The second-order valence-electron chi connectivity index (χ2n) is 7.18. The topological polar surface area (TPSA) is 70.4 Å². The molecule has 6 heteroatoms. The number of hydrogen-bond acceptors (Lipinski definition) is 4. The normalized spacial score (nSPS) is 14.1. The SMILES string of the molecule is O=C(/C=C/c1ccc2c(c1)CCN(CCc1ccnn1-c1ccccc1)C2)NO. The number of benzene rings is 2. The van der Waals surface area contributed by atoms with Gasteiger partial charge in [0.25, 0.3) is 5.91 Å². The van der Waals surface area contributed by atoms with Crippen molar-refractivity contribution in [3.8, 4) is 5.69 Å². The van der Waals surface area contributed by atoms with Gasteiger partial charge in [0, 0.05) is 44.0 Å². The molecule has 0 saturated heterocycles. The highest BCUT2D eigenvalue weighted by atomic mass is 16.5. The van der Waals surface area contributed by atoms with Crippen LogP contribution in [0.25, 0.3) is 11.8 Å². The summed E-state index contributed by atoms with van der Waals surface area (Å²) in [7, 11) is 0. The Morgan fingerprint density at radius 1 is 1.14 bits per heavy atom. The molecule has 2 aromatic carbocycles. The molecule has 0 aliphatic carbocycles. The summed E-state index contributed by atoms with van der Waals surface area (Å²) < 4.78 is 2.01. The second-order valence-corrected chi connectivity index (χ2v) is 7.18. The Kier molecular flexibility index (Phi) is 5.84. The molecule has 0 atom stereocenters. The van der Waals surface area contributed by atoms with Gasteiger partial charge in [-0.15, -0.1) is 0 Å². The van der Waals surface area contributed by atoms with Crippen molar-refractivity contribution in [2.75, 3.05) is 13.1 Å². The number of aromatic nitrogens is 2. The Bertz CT molecular complexity index is 1010. The van der Waals surface area contributed by atoms with Gasteiger partial charge in [0.1, 0.15) is 0 Å². The van der Waals surface area contributed by atoms with Gasteiger partial charge in [0.2, 0.25) is 0 Å². The molecule has 2 heterocycles. The standard InChI is InChI=1S/C23H24N4O2/c28-23(25-29)9-7-18-6-8-20-17-26(14-11-19(20)16-18)15-12-22-10-13-24-27(22)21-4-2-1-3-5-21/h1-10,13,16,29H,11-12,14-15,17H2,(H,25,28)/b9-7+. The zero-order chi connectivity index (χ0) is 20.1. The van der Waals surface area contributed by atoms with Crippen LogP contribution in [0, 0.1) is 0 Å². The maximum Gasteiger partial charge on any atom is 0.267 e. The first kappa shape index (κ1) is 19.1. The van der Waals surface area contributed by atoms with Crippen LogP contribution in [-0.4, -0.2) is 38.9 Å². The van der Waals surface area contributed by atoms with Gasteiger partial charge >= 0.3 is 0 Å². The van der Waals surface area contributed by atoms with Crippen molar-refractivity contribution < 1.29 is 10.0 Å². The van der Waals surface area contributed by atoms with E-state index < -0.39 is 5.91 Å². The van der Waals surface area contributed by atoms with Gasteiger partial charge < -0.3 is 0 Å². The van der Waals surface area contributed by atoms with Crippen molar-refractivity contribution >= 4 is 12.0 Å². The van der Waals surface area contributed by atoms with Crippen LogP contribution in [0.1, 0.15) is 22.4 Å². The van der Waals surface area contributed by atoms with E-state index in [2.05, 4.69) is 40.3 Å². The van der Waals surface area contributed by atoms with Crippen molar-refractivity contribution in [2.45, 2.75) is 19.4 Å². The molecule has 0 unspecified atom stereocenters. The highest BCUT2D eigenvalue weighted by Crippen LogP contribution is 2.21. The molecule has 2 N–H and O–H groups in total. The quantitative estimate of drug-likeness (QED) is 0.387. The van der Waals surface area contributed by atoms with Crippen molar-refractivity contribution in [3.05, 3.63) is 89.3 Å². The molecule has 3 aromatic rings. The van der Waals surface area contributed by atoms with Gasteiger partial charge in [0.15, 0.2) is 0 Å². The largest absolute Gasteiger partial charge is 0.298 e. The lowest BCUT2D eigenvalue weighted by molar-refractivity contribution is -0.124. The Hall–Kier alpha value is -3.22. The first-order valence-corrected chi connectivity index (χ1v) is 9.77. The molecule has 29 heavy (non-hydrogen) atoms. The number of carbonyl (C=O) groups is 1. The highest BCUT2D eigenvalue weighted by Gasteiger charge is 2.17. The predicted octanol–water partition coefficient (Wildman–Crippen LogP) is 2.99. The summed E-state index contributed by atoms with van der Waals surface area (Å²) in [5.41, 5.74) is 7.52. The van der Waals surface area contributed by atoms with E-state index in [1.54, 1.807) is 11.6 Å². The molecule has 6 nitrogen and oxygen atoms in total. The zero-order valence-corrected chi connectivity index (χ0v) is 16.2. The van der Waals surface area contributed by atoms with Crippen molar-refractivity contribution in [3.63, 3.8) is 0 Å². The fourth-order valence-corrected chi connectivity index (χ4v) is 3.73. The van der Waals surface area contributed by atoms with Crippen LogP contribution in [0.2, 0.25) is 0 Å². The highest BCUT2D eigenvalue weighted by molar-refractivity contribution is 5.90. The summed E-state index contributed by atoms with van der Waals surface area (Å²) in [6, 6.07) is 18.6. The molecular weight excluding hydrogens is 364 g/mol. The molecule has 1 aliphatic heterocycles. The number of nitrogens with zero attached hydrogens (tertiary/aromatic N) is 3. The van der Waals surface area contributed by atoms with E-state index in [0.717, 1.165) is 43.7 Å². The summed E-state index contributed by atoms with van der Waals surface area (Å²) in [6.07, 6.45) is 6.83. The number of carbonyl (C=O) groups excluding carboxylic acids is 1. The van der Waals surface area contributed by atoms with Crippen LogP contribution in [0.4, 0.5) is 0 Å². The summed E-state index contributed by atoms with van der Waals surface area (Å²) in [6.45, 7) is 2.92. The Labute approximate surface area is 170 Å². The van der Waals surface area contributed by atoms with Crippen molar-refractivity contribution in [1.82, 2.24) is 20.2 Å². The summed E-state index contributed by atoms with van der Waals surface area (Å²) in [4.78, 5) is 13.6. The van der Waals surface area contributed by atoms with Gasteiger partial charge in [-0.2, -0.15) is 5.10 Å². The van der Waals surface area contributed by atoms with E-state index in [4.69, 9.17) is 5.21 Å². The van der Waals surface area contributed by atoms with Gasteiger partial charge in [0.05, 0.1) is 5.69 Å². The second kappa shape index (κ2) is 8.86. The van der Waals surface area contributed by atoms with Crippen molar-refractivity contribution in [2.24, 2.45) is 0 Å². The molecule has 0 spiro atoms. The Morgan fingerprint density at radius 2 is 2.00 bits per heavy atom. The molecule has 0 bridgehead atoms. The lowest BCUT2D eigenvalue weighted by Crippen LogP contribution is -2.32. The molecular formula is C23H24N4O2. The first-order chi connectivity index (χ1) is 14.2. The predicted molar refractivity (Wildman–Crippen MR) is 112 cm³/mol. The van der Waals surface area contributed by atoms with E-state index in [0.29, 0.717) is 0 Å². The lowest BCUT2D eigenvalue weighted by Gasteiger charge is -2.29. The van der Waals surface area contributed by atoms with E-state index in [1.807, 2.05) is 35.1 Å². The molecule has 0 fully saturated rings.